The smallest absolute Gasteiger partial charge is 0.134 e. The molecule has 0 saturated heterocycles. The molecular formula is C13H22N2O. The third-order valence-corrected chi connectivity index (χ3v) is 3.36. The number of aromatic nitrogens is 1. The van der Waals surface area contributed by atoms with Crippen molar-refractivity contribution in [1.29, 1.82) is 0 Å². The van der Waals surface area contributed by atoms with Crippen LogP contribution in [0, 0.1) is 0 Å². The van der Waals surface area contributed by atoms with Crippen LogP contribution in [0.2, 0.25) is 0 Å². The third-order valence-electron chi connectivity index (χ3n) is 3.36. The number of hydrogen-bond acceptors (Lipinski definition) is 3. The predicted octanol–water partition coefficient (Wildman–Crippen LogP) is 2.76. The summed E-state index contributed by atoms with van der Waals surface area (Å²) in [5, 5.41) is 9.73. The molecule has 0 spiro atoms. The largest absolute Gasteiger partial charge is 0.389 e. The Labute approximate surface area is 98.1 Å². The summed E-state index contributed by atoms with van der Waals surface area (Å²) >= 11 is 0. The van der Waals surface area contributed by atoms with Gasteiger partial charge < -0.3 is 10.0 Å². The molecule has 1 rings (SSSR count). The van der Waals surface area contributed by atoms with Crippen molar-refractivity contribution in [2.24, 2.45) is 0 Å². The molecule has 0 saturated carbocycles. The molecule has 0 radical (unpaired) electrons. The molecule has 1 N–H and O–H groups in total. The van der Waals surface area contributed by atoms with Gasteiger partial charge in [-0.05, 0) is 33.3 Å². The average molecular weight is 222 g/mol. The van der Waals surface area contributed by atoms with Crippen LogP contribution in [-0.2, 0) is 0 Å². The topological polar surface area (TPSA) is 36.4 Å². The fourth-order valence-electron chi connectivity index (χ4n) is 1.54. The minimum Gasteiger partial charge on any atom is -0.389 e. The first-order valence-corrected chi connectivity index (χ1v) is 5.77. The molecule has 0 aliphatic carbocycles. The molecular weight excluding hydrogens is 200 g/mol. The zero-order chi connectivity index (χ0) is 12.3. The molecule has 3 heteroatoms. The van der Waals surface area contributed by atoms with Crippen LogP contribution < -0.4 is 4.90 Å². The lowest BCUT2D eigenvalue weighted by molar-refractivity contribution is 0.199. The van der Waals surface area contributed by atoms with Gasteiger partial charge in [0.1, 0.15) is 5.82 Å². The molecule has 3 nitrogen and oxygen atoms in total. The zero-order valence-corrected chi connectivity index (χ0v) is 10.9. The molecule has 16 heavy (non-hydrogen) atoms. The maximum absolute atomic E-state index is 9.73. The summed E-state index contributed by atoms with van der Waals surface area (Å²) in [7, 11) is 2.03. The first-order chi connectivity index (χ1) is 7.40. The van der Waals surface area contributed by atoms with Gasteiger partial charge in [0.25, 0.3) is 0 Å². The monoisotopic (exact) mass is 222 g/mol. The van der Waals surface area contributed by atoms with E-state index in [-0.39, 0.29) is 5.54 Å². The van der Waals surface area contributed by atoms with Crippen LogP contribution >= 0.6 is 0 Å². The van der Waals surface area contributed by atoms with Crippen molar-refractivity contribution in [3.05, 3.63) is 23.9 Å². The number of anilines is 1. The quantitative estimate of drug-likeness (QED) is 0.851. The van der Waals surface area contributed by atoms with Gasteiger partial charge in [0.2, 0.25) is 0 Å². The van der Waals surface area contributed by atoms with Gasteiger partial charge in [-0.15, -0.1) is 0 Å². The number of rotatable bonds is 4. The number of aliphatic hydroxyl groups excluding tert-OH is 1. The van der Waals surface area contributed by atoms with Crippen LogP contribution in [0.5, 0.6) is 0 Å². The number of pyridine rings is 1. The minimum absolute atomic E-state index is 0.0397. The number of nitrogens with zero attached hydrogens (tertiary/aromatic N) is 2. The van der Waals surface area contributed by atoms with Crippen molar-refractivity contribution in [2.75, 3.05) is 11.9 Å². The summed E-state index contributed by atoms with van der Waals surface area (Å²) in [5.41, 5.74) is 0.921. The Morgan fingerprint density at radius 2 is 2.12 bits per heavy atom. The molecule has 1 atom stereocenters. The zero-order valence-electron chi connectivity index (χ0n) is 10.9. The highest BCUT2D eigenvalue weighted by molar-refractivity contribution is 5.49. The second kappa shape index (κ2) is 4.83. The highest BCUT2D eigenvalue weighted by atomic mass is 16.3. The van der Waals surface area contributed by atoms with E-state index in [1.165, 1.54) is 0 Å². The average Bonchev–Trinajstić information content (AvgIpc) is 2.28. The Hall–Kier alpha value is -1.09. The van der Waals surface area contributed by atoms with Gasteiger partial charge in [-0.3, -0.25) is 0 Å². The third kappa shape index (κ3) is 2.53. The normalized spacial score (nSPS) is 13.6. The molecule has 0 aliphatic heterocycles. The van der Waals surface area contributed by atoms with Crippen LogP contribution in [0.3, 0.4) is 0 Å². The summed E-state index contributed by atoms with van der Waals surface area (Å²) in [6.45, 7) is 8.27. The second-order valence-corrected chi connectivity index (χ2v) is 4.82. The maximum Gasteiger partial charge on any atom is 0.134 e. The van der Waals surface area contributed by atoms with E-state index in [1.54, 1.807) is 13.1 Å². The second-order valence-electron chi connectivity index (χ2n) is 4.82. The Bertz CT molecular complexity index is 348. The van der Waals surface area contributed by atoms with Gasteiger partial charge >= 0.3 is 0 Å². The van der Waals surface area contributed by atoms with Gasteiger partial charge in [-0.25, -0.2) is 4.98 Å². The SMILES string of the molecule is CCC(C)(C)N(C)c1ncccc1C(C)O. The molecule has 0 fully saturated rings. The molecule has 0 bridgehead atoms. The molecule has 90 valence electrons. The highest BCUT2D eigenvalue weighted by Crippen LogP contribution is 2.29. The summed E-state index contributed by atoms with van der Waals surface area (Å²) in [6.07, 6.45) is 2.31. The molecule has 1 aromatic rings. The summed E-state index contributed by atoms with van der Waals surface area (Å²) < 4.78 is 0. The van der Waals surface area contributed by atoms with Crippen LogP contribution in [0.4, 0.5) is 5.82 Å². The molecule has 0 aliphatic rings. The van der Waals surface area contributed by atoms with Crippen molar-refractivity contribution in [3.8, 4) is 0 Å². The first kappa shape index (κ1) is 13.0. The molecule has 1 heterocycles. The molecule has 1 unspecified atom stereocenters. The lowest BCUT2D eigenvalue weighted by Gasteiger charge is -2.37. The Balaban J connectivity index is 3.13. The van der Waals surface area contributed by atoms with Crippen molar-refractivity contribution in [3.63, 3.8) is 0 Å². The lowest BCUT2D eigenvalue weighted by Crippen LogP contribution is -2.41. The molecule has 1 aromatic heterocycles. The van der Waals surface area contributed by atoms with Crippen LogP contribution in [0.25, 0.3) is 0 Å². The van der Waals surface area contributed by atoms with Crippen molar-refractivity contribution < 1.29 is 5.11 Å². The fourth-order valence-corrected chi connectivity index (χ4v) is 1.54. The van der Waals surface area contributed by atoms with E-state index >= 15 is 0 Å². The molecule has 0 amide bonds. The maximum atomic E-state index is 9.73. The van der Waals surface area contributed by atoms with Crippen LogP contribution in [-0.4, -0.2) is 22.7 Å². The van der Waals surface area contributed by atoms with E-state index in [0.29, 0.717) is 0 Å². The van der Waals surface area contributed by atoms with Crippen molar-refractivity contribution in [2.45, 2.75) is 45.8 Å². The van der Waals surface area contributed by atoms with Gasteiger partial charge in [-0.1, -0.05) is 13.0 Å². The van der Waals surface area contributed by atoms with E-state index in [9.17, 15) is 5.11 Å². The van der Waals surface area contributed by atoms with E-state index in [4.69, 9.17) is 0 Å². The van der Waals surface area contributed by atoms with Gasteiger partial charge in [-0.2, -0.15) is 0 Å². The minimum atomic E-state index is -0.487. The van der Waals surface area contributed by atoms with Gasteiger partial charge in [0.05, 0.1) is 6.10 Å². The van der Waals surface area contributed by atoms with E-state index in [0.717, 1.165) is 17.8 Å². The Morgan fingerprint density at radius 1 is 1.50 bits per heavy atom. The van der Waals surface area contributed by atoms with Crippen molar-refractivity contribution >= 4 is 5.82 Å². The highest BCUT2D eigenvalue weighted by Gasteiger charge is 2.25. The van der Waals surface area contributed by atoms with E-state index < -0.39 is 6.10 Å². The summed E-state index contributed by atoms with van der Waals surface area (Å²) in [6, 6.07) is 3.79. The van der Waals surface area contributed by atoms with Crippen LogP contribution in [0.15, 0.2) is 18.3 Å². The standard InChI is InChI=1S/C13H22N2O/c1-6-13(3,4)15(5)12-11(10(2)16)8-7-9-14-12/h7-10,16H,6H2,1-5H3. The summed E-state index contributed by atoms with van der Waals surface area (Å²) in [4.78, 5) is 6.51. The van der Waals surface area contributed by atoms with Gasteiger partial charge in [0, 0.05) is 24.3 Å². The molecule has 0 aromatic carbocycles. The predicted molar refractivity (Wildman–Crippen MR) is 67.6 cm³/mol. The fraction of sp³-hybridized carbons (Fsp3) is 0.615. The summed E-state index contributed by atoms with van der Waals surface area (Å²) in [5.74, 6) is 0.865. The van der Waals surface area contributed by atoms with E-state index in [1.807, 2.05) is 19.2 Å². The van der Waals surface area contributed by atoms with Crippen LogP contribution in [0.1, 0.15) is 45.8 Å². The first-order valence-electron chi connectivity index (χ1n) is 5.77. The van der Waals surface area contributed by atoms with Gasteiger partial charge in [0.15, 0.2) is 0 Å². The number of hydrogen-bond donors (Lipinski definition) is 1. The lowest BCUT2D eigenvalue weighted by atomic mass is 9.99. The Kier molecular flexibility index (Phi) is 3.92. The Morgan fingerprint density at radius 3 is 2.62 bits per heavy atom. The van der Waals surface area contributed by atoms with E-state index in [2.05, 4.69) is 30.7 Å². The van der Waals surface area contributed by atoms with Crippen molar-refractivity contribution in [1.82, 2.24) is 4.98 Å². The number of aliphatic hydroxyl groups is 1.